The number of carbonyl (C=O) groups excluding carboxylic acids is 1. The predicted octanol–water partition coefficient (Wildman–Crippen LogP) is -2.45. The summed E-state index contributed by atoms with van der Waals surface area (Å²) in [6.07, 6.45) is 0.410. The van der Waals surface area contributed by atoms with Gasteiger partial charge in [0.05, 0.1) is 7.11 Å². The maximum absolute atomic E-state index is 11.0. The number of phenolic OH excluding ortho intramolecular Hbond substituents is 1. The summed E-state index contributed by atoms with van der Waals surface area (Å²) in [5, 5.41) is 9.02. The van der Waals surface area contributed by atoms with Crippen molar-refractivity contribution in [2.75, 3.05) is 7.11 Å². The van der Waals surface area contributed by atoms with Crippen molar-refractivity contribution in [2.45, 2.75) is 12.5 Å². The molecule has 1 atom stereocenters. The van der Waals surface area contributed by atoms with Crippen LogP contribution in [0.2, 0.25) is 0 Å². The van der Waals surface area contributed by atoms with Gasteiger partial charge in [0.2, 0.25) is 0 Å². The zero-order valence-electron chi connectivity index (χ0n) is 9.93. The van der Waals surface area contributed by atoms with E-state index in [9.17, 15) is 4.79 Å². The molecule has 0 bridgehead atoms. The Bertz CT molecular complexity index is 318. The minimum absolute atomic E-state index is 0. The van der Waals surface area contributed by atoms with E-state index in [1.165, 1.54) is 7.11 Å². The van der Waals surface area contributed by atoms with Crippen molar-refractivity contribution in [3.05, 3.63) is 29.8 Å². The fraction of sp³-hybridized carbons (Fsp3) is 0.300. The van der Waals surface area contributed by atoms with E-state index in [0.717, 1.165) is 5.56 Å². The van der Waals surface area contributed by atoms with E-state index in [4.69, 9.17) is 10.8 Å². The summed E-state index contributed by atoms with van der Waals surface area (Å²) in [7, 11) is 1.30. The van der Waals surface area contributed by atoms with Crippen LogP contribution in [-0.4, -0.2) is 24.2 Å². The van der Waals surface area contributed by atoms with Crippen LogP contribution < -0.4 is 35.3 Å². The minimum atomic E-state index is -0.649. The second kappa shape index (κ2) is 6.85. The first-order chi connectivity index (χ1) is 6.63. The van der Waals surface area contributed by atoms with Gasteiger partial charge in [0.15, 0.2) is 0 Å². The summed E-state index contributed by atoms with van der Waals surface area (Å²) >= 11 is 0. The van der Waals surface area contributed by atoms with Crippen LogP contribution in [0.5, 0.6) is 5.75 Å². The molecule has 0 amide bonds. The second-order valence-corrected chi connectivity index (χ2v) is 3.00. The molecule has 15 heavy (non-hydrogen) atoms. The van der Waals surface area contributed by atoms with Gasteiger partial charge in [-0.05, 0) is 24.1 Å². The van der Waals surface area contributed by atoms with E-state index in [1.807, 2.05) is 0 Å². The van der Waals surface area contributed by atoms with E-state index in [1.54, 1.807) is 24.3 Å². The maximum Gasteiger partial charge on any atom is 1.00 e. The monoisotopic (exact) mass is 219 g/mol. The number of phenols is 1. The molecule has 1 aromatic carbocycles. The number of benzene rings is 1. The van der Waals surface area contributed by atoms with Crippen LogP contribution in [0.15, 0.2) is 24.3 Å². The average molecular weight is 219 g/mol. The third-order valence-corrected chi connectivity index (χ3v) is 1.90. The minimum Gasteiger partial charge on any atom is -1.00 e. The molecule has 78 valence electrons. The molecule has 0 aromatic heterocycles. The number of carbonyl (C=O) groups is 1. The molecule has 0 spiro atoms. The Morgan fingerprint density at radius 2 is 2.07 bits per heavy atom. The standard InChI is InChI=1S/C10H13NO3.Na.H/c1-14-10(13)9(11)6-7-2-4-8(12)5-3-7;;/h2-5,9,12H,6,11H2,1H3;;/q;+1;-1/t9-;;/m0../s1. The van der Waals surface area contributed by atoms with Gasteiger partial charge in [0, 0.05) is 0 Å². The van der Waals surface area contributed by atoms with Gasteiger partial charge in [-0.1, -0.05) is 12.1 Å². The third-order valence-electron chi connectivity index (χ3n) is 1.90. The van der Waals surface area contributed by atoms with Gasteiger partial charge in [0.25, 0.3) is 0 Å². The second-order valence-electron chi connectivity index (χ2n) is 3.00. The molecule has 0 radical (unpaired) electrons. The molecule has 0 saturated carbocycles. The fourth-order valence-electron chi connectivity index (χ4n) is 1.12. The molecule has 0 aliphatic rings. The van der Waals surface area contributed by atoms with E-state index in [2.05, 4.69) is 4.74 Å². The number of hydrogen-bond donors (Lipinski definition) is 2. The molecule has 0 saturated heterocycles. The topological polar surface area (TPSA) is 72.5 Å². The molecule has 0 aliphatic carbocycles. The molecule has 1 aromatic rings. The first kappa shape index (κ1) is 14.5. The molecule has 5 heteroatoms. The molecule has 0 heterocycles. The van der Waals surface area contributed by atoms with Gasteiger partial charge in [0.1, 0.15) is 11.8 Å². The normalized spacial score (nSPS) is 11.3. The van der Waals surface area contributed by atoms with Gasteiger partial charge in [-0.25, -0.2) is 0 Å². The number of methoxy groups -OCH3 is 1. The summed E-state index contributed by atoms with van der Waals surface area (Å²) in [5.41, 5.74) is 6.45. The molecular weight excluding hydrogens is 205 g/mol. The quantitative estimate of drug-likeness (QED) is 0.437. The number of aromatic hydroxyl groups is 1. The first-order valence-electron chi connectivity index (χ1n) is 4.25. The van der Waals surface area contributed by atoms with Crippen LogP contribution in [0, 0.1) is 0 Å². The largest absolute Gasteiger partial charge is 1.00 e. The molecule has 1 rings (SSSR count). The Balaban J connectivity index is 0. The first-order valence-corrected chi connectivity index (χ1v) is 4.25. The Kier molecular flexibility index (Phi) is 6.60. The predicted molar refractivity (Wildman–Crippen MR) is 52.9 cm³/mol. The van der Waals surface area contributed by atoms with Crippen LogP contribution >= 0.6 is 0 Å². The van der Waals surface area contributed by atoms with Gasteiger partial charge in [-0.15, -0.1) is 0 Å². The molecule has 0 unspecified atom stereocenters. The van der Waals surface area contributed by atoms with E-state index in [0.29, 0.717) is 6.42 Å². The van der Waals surface area contributed by atoms with Crippen molar-refractivity contribution in [2.24, 2.45) is 5.73 Å². The molecule has 3 N–H and O–H groups in total. The number of esters is 1. The summed E-state index contributed by atoms with van der Waals surface area (Å²) in [6.45, 7) is 0. The fourth-order valence-corrected chi connectivity index (χ4v) is 1.12. The zero-order valence-corrected chi connectivity index (χ0v) is 10.9. The number of rotatable bonds is 3. The third kappa shape index (κ3) is 4.66. The summed E-state index contributed by atoms with van der Waals surface area (Å²) < 4.78 is 4.49. The molecular formula is C10H14NNaO3. The summed E-state index contributed by atoms with van der Waals surface area (Å²) in [4.78, 5) is 11.0. The van der Waals surface area contributed by atoms with Crippen LogP contribution in [0.1, 0.15) is 6.99 Å². The Labute approximate surface area is 112 Å². The van der Waals surface area contributed by atoms with Crippen molar-refractivity contribution in [1.29, 1.82) is 0 Å². The van der Waals surface area contributed by atoms with Gasteiger partial charge < -0.3 is 17.0 Å². The van der Waals surface area contributed by atoms with E-state index >= 15 is 0 Å². The number of ether oxygens (including phenoxy) is 1. The molecule has 0 fully saturated rings. The van der Waals surface area contributed by atoms with Gasteiger partial charge >= 0.3 is 35.5 Å². The number of nitrogens with two attached hydrogens (primary N) is 1. The van der Waals surface area contributed by atoms with Crippen molar-refractivity contribution in [3.8, 4) is 5.75 Å². The average Bonchev–Trinajstić information content (AvgIpc) is 2.20. The Hall–Kier alpha value is -0.550. The van der Waals surface area contributed by atoms with Crippen LogP contribution in [0.4, 0.5) is 0 Å². The maximum atomic E-state index is 11.0. The number of hydrogen-bond acceptors (Lipinski definition) is 4. The van der Waals surface area contributed by atoms with Gasteiger partial charge in [-0.3, -0.25) is 4.79 Å². The Morgan fingerprint density at radius 1 is 1.53 bits per heavy atom. The summed E-state index contributed by atoms with van der Waals surface area (Å²) in [5.74, 6) is -0.238. The molecule has 0 aliphatic heterocycles. The van der Waals surface area contributed by atoms with Crippen LogP contribution in [-0.2, 0) is 16.0 Å². The van der Waals surface area contributed by atoms with Gasteiger partial charge in [-0.2, -0.15) is 0 Å². The Morgan fingerprint density at radius 3 is 2.53 bits per heavy atom. The van der Waals surface area contributed by atoms with Crippen LogP contribution in [0.25, 0.3) is 0 Å². The zero-order chi connectivity index (χ0) is 10.6. The van der Waals surface area contributed by atoms with Crippen molar-refractivity contribution >= 4 is 5.97 Å². The van der Waals surface area contributed by atoms with Crippen LogP contribution in [0.3, 0.4) is 0 Å². The SMILES string of the molecule is COC(=O)[C@@H](N)Cc1ccc(O)cc1.[H-].[Na+]. The molecule has 4 nitrogen and oxygen atoms in total. The van der Waals surface area contributed by atoms with Crippen molar-refractivity contribution < 1.29 is 45.6 Å². The van der Waals surface area contributed by atoms with Crippen molar-refractivity contribution in [1.82, 2.24) is 0 Å². The summed E-state index contributed by atoms with van der Waals surface area (Å²) in [6, 6.07) is 5.90. The van der Waals surface area contributed by atoms with Crippen molar-refractivity contribution in [3.63, 3.8) is 0 Å². The van der Waals surface area contributed by atoms with E-state index in [-0.39, 0.29) is 36.7 Å². The van der Waals surface area contributed by atoms with E-state index < -0.39 is 12.0 Å². The smallest absolute Gasteiger partial charge is 1.00 e.